The minimum absolute atomic E-state index is 0.00247. The molecule has 3 aromatic rings. The number of Topliss-reactive ketones (excluding diaryl/α,β-unsaturated/α-hetero) is 1. The summed E-state index contributed by atoms with van der Waals surface area (Å²) in [5, 5.41) is 4.91. The molecule has 0 radical (unpaired) electrons. The maximum absolute atomic E-state index is 13.1. The fraction of sp³-hybridized carbons (Fsp3) is 0.320. The summed E-state index contributed by atoms with van der Waals surface area (Å²) >= 11 is 0. The molecule has 1 aliphatic carbocycles. The third-order valence-electron chi connectivity index (χ3n) is 6.85. The van der Waals surface area contributed by atoms with Gasteiger partial charge in [-0.3, -0.25) is 24.7 Å². The quantitative estimate of drug-likeness (QED) is 0.397. The number of fused-ring (bicyclic) bond motifs is 2. The summed E-state index contributed by atoms with van der Waals surface area (Å²) in [6.07, 6.45) is 4.11. The van der Waals surface area contributed by atoms with E-state index in [9.17, 15) is 19.2 Å². The molecule has 2 aromatic heterocycles. The van der Waals surface area contributed by atoms with Crippen LogP contribution in [0.5, 0.6) is 5.75 Å². The molecule has 1 atom stereocenters. The molecule has 10 nitrogen and oxygen atoms in total. The Morgan fingerprint density at radius 3 is 2.77 bits per heavy atom. The first-order chi connectivity index (χ1) is 16.9. The van der Waals surface area contributed by atoms with Gasteiger partial charge >= 0.3 is 6.03 Å². The Bertz CT molecular complexity index is 1420. The molecule has 2 aliphatic heterocycles. The van der Waals surface area contributed by atoms with Crippen molar-refractivity contribution in [2.75, 3.05) is 13.7 Å². The van der Waals surface area contributed by atoms with Gasteiger partial charge in [0.15, 0.2) is 16.9 Å². The van der Waals surface area contributed by atoms with Crippen LogP contribution in [0.3, 0.4) is 0 Å². The molecular formula is C25H22N4O6. The molecule has 2 N–H and O–H groups in total. The van der Waals surface area contributed by atoms with Gasteiger partial charge in [-0.25, -0.2) is 4.79 Å². The van der Waals surface area contributed by atoms with E-state index < -0.39 is 17.5 Å². The summed E-state index contributed by atoms with van der Waals surface area (Å²) < 4.78 is 11.2. The number of ketones is 1. The number of ether oxygens (including phenoxy) is 1. The van der Waals surface area contributed by atoms with Crippen LogP contribution in [0.1, 0.15) is 51.3 Å². The average Bonchev–Trinajstić information content (AvgIpc) is 3.35. The lowest BCUT2D eigenvalue weighted by Gasteiger charge is -2.28. The maximum atomic E-state index is 13.1. The molecule has 10 heteroatoms. The molecule has 6 rings (SSSR count). The third-order valence-corrected chi connectivity index (χ3v) is 6.85. The molecule has 2 fully saturated rings. The number of nitrogens with one attached hydrogen (secondary N) is 2. The predicted molar refractivity (Wildman–Crippen MR) is 122 cm³/mol. The van der Waals surface area contributed by atoms with Crippen LogP contribution in [0.2, 0.25) is 0 Å². The zero-order chi connectivity index (χ0) is 24.3. The first-order valence-corrected chi connectivity index (χ1v) is 11.4. The van der Waals surface area contributed by atoms with Gasteiger partial charge in [0.1, 0.15) is 17.0 Å². The first-order valence-electron chi connectivity index (χ1n) is 11.4. The van der Waals surface area contributed by atoms with Crippen LogP contribution in [-0.2, 0) is 16.9 Å². The van der Waals surface area contributed by atoms with Gasteiger partial charge in [0.05, 0.1) is 13.7 Å². The van der Waals surface area contributed by atoms with Gasteiger partial charge in [-0.15, -0.1) is 0 Å². The van der Waals surface area contributed by atoms with Crippen LogP contribution in [0.15, 0.2) is 40.9 Å². The van der Waals surface area contributed by atoms with E-state index in [1.54, 1.807) is 30.3 Å². The number of carbonyl (C=O) groups is 4. The summed E-state index contributed by atoms with van der Waals surface area (Å²) in [4.78, 5) is 56.8. The Morgan fingerprint density at radius 2 is 2.06 bits per heavy atom. The van der Waals surface area contributed by atoms with Crippen molar-refractivity contribution in [2.24, 2.45) is 5.92 Å². The molecule has 3 aliphatic rings. The highest BCUT2D eigenvalue weighted by Gasteiger charge is 2.53. The van der Waals surface area contributed by atoms with Crippen LogP contribution in [0.25, 0.3) is 11.1 Å². The Kier molecular flexibility index (Phi) is 4.67. The highest BCUT2D eigenvalue weighted by molar-refractivity contribution is 6.08. The monoisotopic (exact) mass is 474 g/mol. The number of aromatic nitrogens is 1. The van der Waals surface area contributed by atoms with Crippen LogP contribution in [0, 0.1) is 5.92 Å². The number of furan rings is 1. The van der Waals surface area contributed by atoms with Crippen molar-refractivity contribution in [3.05, 3.63) is 59.0 Å². The number of nitrogens with zero attached hydrogens (tertiary/aromatic N) is 2. The highest BCUT2D eigenvalue weighted by atomic mass is 16.5. The minimum atomic E-state index is -1.64. The first kappa shape index (κ1) is 21.3. The van der Waals surface area contributed by atoms with E-state index in [2.05, 4.69) is 15.6 Å². The van der Waals surface area contributed by atoms with Gasteiger partial charge in [-0.1, -0.05) is 6.07 Å². The van der Waals surface area contributed by atoms with E-state index in [1.165, 1.54) is 18.2 Å². The number of benzene rings is 1. The van der Waals surface area contributed by atoms with Crippen molar-refractivity contribution in [3.8, 4) is 5.75 Å². The van der Waals surface area contributed by atoms with Gasteiger partial charge in [-0.2, -0.15) is 0 Å². The molecule has 0 unspecified atom stereocenters. The molecule has 178 valence electrons. The molecule has 1 saturated carbocycles. The number of imide groups is 1. The Hall–Kier alpha value is -4.21. The molecule has 4 amide bonds. The highest BCUT2D eigenvalue weighted by Crippen LogP contribution is 2.36. The number of hydrogen-bond acceptors (Lipinski definition) is 7. The van der Waals surface area contributed by atoms with Crippen molar-refractivity contribution >= 4 is 34.7 Å². The fourth-order valence-electron chi connectivity index (χ4n) is 4.72. The molecule has 4 heterocycles. The minimum Gasteiger partial charge on any atom is -0.497 e. The van der Waals surface area contributed by atoms with Crippen molar-refractivity contribution in [1.29, 1.82) is 0 Å². The second kappa shape index (κ2) is 7.66. The van der Waals surface area contributed by atoms with Crippen LogP contribution in [-0.4, -0.2) is 47.2 Å². The van der Waals surface area contributed by atoms with E-state index in [4.69, 9.17) is 9.15 Å². The summed E-state index contributed by atoms with van der Waals surface area (Å²) in [5.74, 6) is 0.209. The second-order valence-corrected chi connectivity index (χ2v) is 9.29. The topological polar surface area (TPSA) is 131 Å². The van der Waals surface area contributed by atoms with Crippen LogP contribution in [0.4, 0.5) is 4.79 Å². The SMILES string of the molecule is COc1ccc2c(c1)C(=O)N(C[C@@]1(c3cc4ncc(C(=O)CC5CC5)cc4o3)NC(=O)NC1=O)C2. The number of methoxy groups -OCH3 is 1. The molecule has 1 aromatic carbocycles. The molecule has 35 heavy (non-hydrogen) atoms. The smallest absolute Gasteiger partial charge is 0.322 e. The molecule has 0 bridgehead atoms. The van der Waals surface area contributed by atoms with E-state index in [1.807, 2.05) is 0 Å². The number of hydrogen-bond donors (Lipinski definition) is 2. The van der Waals surface area contributed by atoms with Gasteiger partial charge in [-0.05, 0) is 42.5 Å². The normalized spacial score (nSPS) is 21.3. The largest absolute Gasteiger partial charge is 0.497 e. The number of urea groups is 1. The van der Waals surface area contributed by atoms with Gasteiger partial charge in [0, 0.05) is 36.4 Å². The molecular weight excluding hydrogens is 452 g/mol. The van der Waals surface area contributed by atoms with E-state index in [0.29, 0.717) is 40.3 Å². The lowest BCUT2D eigenvalue weighted by molar-refractivity contribution is -0.125. The second-order valence-electron chi connectivity index (χ2n) is 9.29. The van der Waals surface area contributed by atoms with Crippen molar-refractivity contribution in [3.63, 3.8) is 0 Å². The van der Waals surface area contributed by atoms with Crippen LogP contribution < -0.4 is 15.4 Å². The number of carbonyl (C=O) groups excluding carboxylic acids is 4. The maximum Gasteiger partial charge on any atom is 0.322 e. The van der Waals surface area contributed by atoms with Gasteiger partial charge in [0.25, 0.3) is 11.8 Å². The predicted octanol–water partition coefficient (Wildman–Crippen LogP) is 2.51. The van der Waals surface area contributed by atoms with Crippen molar-refractivity contribution in [2.45, 2.75) is 31.3 Å². The van der Waals surface area contributed by atoms with Crippen molar-refractivity contribution in [1.82, 2.24) is 20.5 Å². The summed E-state index contributed by atoms with van der Waals surface area (Å²) in [7, 11) is 1.52. The summed E-state index contributed by atoms with van der Waals surface area (Å²) in [6, 6.07) is 7.71. The van der Waals surface area contributed by atoms with Crippen molar-refractivity contribution < 1.29 is 28.3 Å². The summed E-state index contributed by atoms with van der Waals surface area (Å²) in [5.41, 5.74) is 0.846. The van der Waals surface area contributed by atoms with E-state index in [-0.39, 0.29) is 30.5 Å². The molecule has 1 saturated heterocycles. The number of pyridine rings is 1. The standard InChI is InChI=1S/C25H22N4O6/c1-34-16-5-4-14-11-29(22(31)17(14)8-16)12-25(23(32)27-24(33)28-25)21-9-18-20(35-21)7-15(10-26-18)19(30)6-13-2-3-13/h4-5,7-10,13H,2-3,6,11-12H2,1H3,(H2,27,28,32,33)/t25-/m0/s1. The average molecular weight is 474 g/mol. The Morgan fingerprint density at radius 1 is 1.23 bits per heavy atom. The number of rotatable bonds is 7. The Balaban J connectivity index is 1.34. The Labute approximate surface area is 199 Å². The van der Waals surface area contributed by atoms with E-state index in [0.717, 1.165) is 18.4 Å². The summed E-state index contributed by atoms with van der Waals surface area (Å²) in [6.45, 7) is 0.120. The van der Waals surface area contributed by atoms with E-state index >= 15 is 0 Å². The lowest BCUT2D eigenvalue weighted by atomic mass is 9.95. The zero-order valence-electron chi connectivity index (χ0n) is 18.9. The lowest BCUT2D eigenvalue weighted by Crippen LogP contribution is -2.52. The molecule has 0 spiro atoms. The van der Waals surface area contributed by atoms with Crippen LogP contribution >= 0.6 is 0 Å². The van der Waals surface area contributed by atoms with Gasteiger partial charge < -0.3 is 19.4 Å². The zero-order valence-corrected chi connectivity index (χ0v) is 18.9. The fourth-order valence-corrected chi connectivity index (χ4v) is 4.72. The third kappa shape index (κ3) is 3.52. The number of amides is 4. The van der Waals surface area contributed by atoms with Gasteiger partial charge in [0.2, 0.25) is 0 Å².